The fourth-order valence-corrected chi connectivity index (χ4v) is 5.10. The molecule has 5 aromatic carbocycles. The Hall–Kier alpha value is -4.62. The Bertz CT molecular complexity index is 1540. The number of nitrogens with one attached hydrogen (secondary N) is 1. The van der Waals surface area contributed by atoms with Crippen molar-refractivity contribution in [1.82, 2.24) is 0 Å². The fraction of sp³-hybridized carbons (Fsp3) is 0.0556. The molecule has 37 heavy (non-hydrogen) atoms. The summed E-state index contributed by atoms with van der Waals surface area (Å²) in [7, 11) is 0. The molecule has 1 nitrogen and oxygen atoms in total. The van der Waals surface area contributed by atoms with Crippen molar-refractivity contribution in [3.05, 3.63) is 157 Å². The molecular formula is C36H29N. The van der Waals surface area contributed by atoms with Gasteiger partial charge in [-0.1, -0.05) is 140 Å². The molecule has 1 unspecified atom stereocenters. The highest BCUT2D eigenvalue weighted by Crippen LogP contribution is 2.34. The van der Waals surface area contributed by atoms with Crippen molar-refractivity contribution in [2.24, 2.45) is 0 Å². The lowest BCUT2D eigenvalue weighted by atomic mass is 9.91. The Morgan fingerprint density at radius 1 is 0.459 bits per heavy atom. The molecule has 0 fully saturated rings. The van der Waals surface area contributed by atoms with Crippen molar-refractivity contribution < 1.29 is 0 Å². The third-order valence-corrected chi connectivity index (χ3v) is 6.98. The van der Waals surface area contributed by atoms with Crippen LogP contribution < -0.4 is 5.32 Å². The monoisotopic (exact) mass is 475 g/mol. The molecule has 0 bridgehead atoms. The van der Waals surface area contributed by atoms with Crippen molar-refractivity contribution in [2.45, 2.75) is 12.5 Å². The summed E-state index contributed by atoms with van der Waals surface area (Å²) < 4.78 is 0. The Morgan fingerprint density at radius 3 is 1.43 bits per heavy atom. The minimum atomic E-state index is 0.273. The molecule has 1 heteroatoms. The number of benzene rings is 5. The topological polar surface area (TPSA) is 12.0 Å². The maximum absolute atomic E-state index is 3.69. The highest BCUT2D eigenvalue weighted by molar-refractivity contribution is 5.86. The summed E-state index contributed by atoms with van der Waals surface area (Å²) in [4.78, 5) is 0. The first-order valence-electron chi connectivity index (χ1n) is 12.9. The Labute approximate surface area is 219 Å². The smallest absolute Gasteiger partial charge is 0.0482 e. The molecule has 6 rings (SSSR count). The highest BCUT2D eigenvalue weighted by atomic mass is 14.9. The van der Waals surface area contributed by atoms with Gasteiger partial charge >= 0.3 is 0 Å². The van der Waals surface area contributed by atoms with E-state index in [-0.39, 0.29) is 6.04 Å². The SMILES string of the molecule is C1=CC(Nc2ccc(-c3ccccc3-c3ccccc3)cc2)CC=C1c1ccccc1-c1ccccc1. The first kappa shape index (κ1) is 22.8. The molecule has 0 amide bonds. The quantitative estimate of drug-likeness (QED) is 0.258. The number of allylic oxidation sites excluding steroid dienone is 2. The van der Waals surface area contributed by atoms with Crippen molar-refractivity contribution in [2.75, 3.05) is 5.32 Å². The van der Waals surface area contributed by atoms with Gasteiger partial charge in [0, 0.05) is 11.7 Å². The highest BCUT2D eigenvalue weighted by Gasteiger charge is 2.13. The molecule has 0 saturated heterocycles. The summed E-state index contributed by atoms with van der Waals surface area (Å²) >= 11 is 0. The Kier molecular flexibility index (Phi) is 6.51. The van der Waals surface area contributed by atoms with Crippen LogP contribution in [0.2, 0.25) is 0 Å². The standard InChI is InChI=1S/C36H29N/c1-3-11-27(12-4-1)33-15-7-9-17-35(33)29-19-23-31(24-20-29)37-32-25-21-30(22-26-32)36-18-10-8-16-34(36)28-13-5-2-6-14-28/h1-25,32,37H,26H2. The van der Waals surface area contributed by atoms with E-state index in [9.17, 15) is 0 Å². The molecule has 1 N–H and O–H groups in total. The van der Waals surface area contributed by atoms with Gasteiger partial charge in [-0.05, 0) is 63.1 Å². The van der Waals surface area contributed by atoms with Gasteiger partial charge in [-0.3, -0.25) is 0 Å². The summed E-state index contributed by atoms with van der Waals surface area (Å²) in [6, 6.07) is 47.6. The van der Waals surface area contributed by atoms with Gasteiger partial charge in [0.05, 0.1) is 0 Å². The van der Waals surface area contributed by atoms with Crippen LogP contribution in [0, 0.1) is 0 Å². The largest absolute Gasteiger partial charge is 0.379 e. The predicted octanol–water partition coefficient (Wildman–Crippen LogP) is 9.51. The van der Waals surface area contributed by atoms with Gasteiger partial charge in [-0.15, -0.1) is 0 Å². The van der Waals surface area contributed by atoms with Gasteiger partial charge in [0.25, 0.3) is 0 Å². The van der Waals surface area contributed by atoms with Gasteiger partial charge in [0.1, 0.15) is 0 Å². The number of hydrogen-bond acceptors (Lipinski definition) is 1. The van der Waals surface area contributed by atoms with E-state index in [4.69, 9.17) is 0 Å². The molecule has 0 aromatic heterocycles. The minimum absolute atomic E-state index is 0.273. The lowest BCUT2D eigenvalue weighted by Gasteiger charge is -2.21. The molecule has 0 radical (unpaired) electrons. The van der Waals surface area contributed by atoms with E-state index < -0.39 is 0 Å². The van der Waals surface area contributed by atoms with Crippen LogP contribution in [-0.4, -0.2) is 6.04 Å². The van der Waals surface area contributed by atoms with Crippen LogP contribution in [0.15, 0.2) is 152 Å². The molecule has 1 atom stereocenters. The average molecular weight is 476 g/mol. The molecule has 178 valence electrons. The van der Waals surface area contributed by atoms with Crippen molar-refractivity contribution in [1.29, 1.82) is 0 Å². The zero-order valence-corrected chi connectivity index (χ0v) is 20.7. The zero-order chi connectivity index (χ0) is 24.9. The van der Waals surface area contributed by atoms with Crippen molar-refractivity contribution >= 4 is 11.3 Å². The van der Waals surface area contributed by atoms with E-state index in [0.717, 1.165) is 12.1 Å². The van der Waals surface area contributed by atoms with E-state index in [2.05, 4.69) is 157 Å². The first-order chi connectivity index (χ1) is 18.3. The second-order valence-electron chi connectivity index (χ2n) is 9.41. The molecule has 0 aliphatic heterocycles. The van der Waals surface area contributed by atoms with Crippen molar-refractivity contribution in [3.8, 4) is 33.4 Å². The van der Waals surface area contributed by atoms with Crippen LogP contribution in [0.4, 0.5) is 5.69 Å². The Balaban J connectivity index is 1.17. The predicted molar refractivity (Wildman–Crippen MR) is 158 cm³/mol. The molecule has 1 aliphatic carbocycles. The van der Waals surface area contributed by atoms with E-state index in [1.807, 2.05) is 0 Å². The minimum Gasteiger partial charge on any atom is -0.379 e. The third-order valence-electron chi connectivity index (χ3n) is 6.98. The number of hydrogen-bond donors (Lipinski definition) is 1. The normalized spacial score (nSPS) is 14.7. The van der Waals surface area contributed by atoms with E-state index in [1.165, 1.54) is 44.5 Å². The molecular weight excluding hydrogens is 446 g/mol. The van der Waals surface area contributed by atoms with Gasteiger partial charge in [-0.25, -0.2) is 0 Å². The van der Waals surface area contributed by atoms with Crippen LogP contribution in [0.25, 0.3) is 39.0 Å². The average Bonchev–Trinajstić information content (AvgIpc) is 2.99. The maximum atomic E-state index is 3.69. The summed E-state index contributed by atoms with van der Waals surface area (Å²) in [6.45, 7) is 0. The second-order valence-corrected chi connectivity index (χ2v) is 9.41. The summed E-state index contributed by atoms with van der Waals surface area (Å²) in [5.74, 6) is 0. The molecule has 0 saturated carbocycles. The van der Waals surface area contributed by atoms with Crippen LogP contribution in [0.3, 0.4) is 0 Å². The number of rotatable bonds is 6. The van der Waals surface area contributed by atoms with Gasteiger partial charge < -0.3 is 5.32 Å². The van der Waals surface area contributed by atoms with Crippen LogP contribution in [0.1, 0.15) is 12.0 Å². The van der Waals surface area contributed by atoms with E-state index in [0.29, 0.717) is 0 Å². The van der Waals surface area contributed by atoms with Gasteiger partial charge in [0.2, 0.25) is 0 Å². The molecule has 1 aliphatic rings. The lowest BCUT2D eigenvalue weighted by molar-refractivity contribution is 0.886. The Morgan fingerprint density at radius 2 is 0.919 bits per heavy atom. The van der Waals surface area contributed by atoms with Gasteiger partial charge in [0.15, 0.2) is 0 Å². The summed E-state index contributed by atoms with van der Waals surface area (Å²) in [5, 5.41) is 3.69. The van der Waals surface area contributed by atoms with Crippen molar-refractivity contribution in [3.63, 3.8) is 0 Å². The van der Waals surface area contributed by atoms with Crippen LogP contribution in [0.5, 0.6) is 0 Å². The molecule has 0 heterocycles. The van der Waals surface area contributed by atoms with E-state index >= 15 is 0 Å². The lowest BCUT2D eigenvalue weighted by Crippen LogP contribution is -2.17. The maximum Gasteiger partial charge on any atom is 0.0482 e. The number of anilines is 1. The van der Waals surface area contributed by atoms with Crippen LogP contribution >= 0.6 is 0 Å². The summed E-state index contributed by atoms with van der Waals surface area (Å²) in [5.41, 5.74) is 11.2. The first-order valence-corrected chi connectivity index (χ1v) is 12.9. The van der Waals surface area contributed by atoms with Crippen LogP contribution in [-0.2, 0) is 0 Å². The fourth-order valence-electron chi connectivity index (χ4n) is 5.10. The summed E-state index contributed by atoms with van der Waals surface area (Å²) in [6.07, 6.45) is 7.85. The zero-order valence-electron chi connectivity index (χ0n) is 20.7. The molecule has 0 spiro atoms. The van der Waals surface area contributed by atoms with E-state index in [1.54, 1.807) is 0 Å². The molecule has 5 aromatic rings. The second kappa shape index (κ2) is 10.6. The third kappa shape index (κ3) is 5.03. The van der Waals surface area contributed by atoms with Gasteiger partial charge in [-0.2, -0.15) is 0 Å².